The van der Waals surface area contributed by atoms with E-state index in [-0.39, 0.29) is 0 Å². The van der Waals surface area contributed by atoms with Crippen LogP contribution in [0.2, 0.25) is 0 Å². The molecule has 0 fully saturated rings. The highest BCUT2D eigenvalue weighted by Crippen LogP contribution is 2.31. The summed E-state index contributed by atoms with van der Waals surface area (Å²) in [6.45, 7) is 2.29. The number of aryl methyl sites for hydroxylation is 1. The van der Waals surface area contributed by atoms with Crippen LogP contribution in [0.4, 0.5) is 0 Å². The summed E-state index contributed by atoms with van der Waals surface area (Å²) in [5, 5.41) is 0. The number of hydrogen-bond acceptors (Lipinski definition) is 4. The largest absolute Gasteiger partial charge is 0.261 e. The molecule has 0 aliphatic heterocycles. The molecule has 20 heavy (non-hydrogen) atoms. The molecule has 2 heterocycles. The monoisotopic (exact) mass is 374 g/mol. The van der Waals surface area contributed by atoms with E-state index in [0.717, 1.165) is 15.0 Å². The topological polar surface area (TPSA) is 50.3 Å². The van der Waals surface area contributed by atoms with Gasteiger partial charge in [0.1, 0.15) is 4.21 Å². The van der Waals surface area contributed by atoms with Crippen LogP contribution in [-0.2, 0) is 16.4 Å². The van der Waals surface area contributed by atoms with Crippen LogP contribution in [0, 0.1) is 6.92 Å². The number of rotatable bonds is 5. The van der Waals surface area contributed by atoms with Gasteiger partial charge < -0.3 is 0 Å². The second kappa shape index (κ2) is 6.34. The quantitative estimate of drug-likeness (QED) is 0.807. The molecule has 2 aromatic rings. The zero-order valence-corrected chi connectivity index (χ0v) is 14.4. The molecule has 4 nitrogen and oxygen atoms in total. The van der Waals surface area contributed by atoms with Gasteiger partial charge in [0, 0.05) is 31.9 Å². The van der Waals surface area contributed by atoms with Crippen molar-refractivity contribution in [2.75, 3.05) is 13.6 Å². The summed E-state index contributed by atoms with van der Waals surface area (Å²) in [6, 6.07) is 7.33. The maximum atomic E-state index is 12.4. The van der Waals surface area contributed by atoms with E-state index < -0.39 is 10.0 Å². The molecule has 0 bridgehead atoms. The first-order valence-electron chi connectivity index (χ1n) is 6.03. The van der Waals surface area contributed by atoms with Gasteiger partial charge in [0.25, 0.3) is 10.0 Å². The molecule has 0 saturated heterocycles. The van der Waals surface area contributed by atoms with Gasteiger partial charge in [0.15, 0.2) is 0 Å². The second-order valence-corrected chi connectivity index (χ2v) is 9.06. The lowest BCUT2D eigenvalue weighted by atomic mass is 10.3. The Hall–Kier alpha value is -0.760. The van der Waals surface area contributed by atoms with Gasteiger partial charge >= 0.3 is 0 Å². The highest BCUT2D eigenvalue weighted by Gasteiger charge is 2.23. The summed E-state index contributed by atoms with van der Waals surface area (Å²) in [6.07, 6.45) is 2.31. The molecule has 2 rings (SSSR count). The normalized spacial score (nSPS) is 12.0. The van der Waals surface area contributed by atoms with E-state index in [1.807, 2.05) is 25.1 Å². The van der Waals surface area contributed by atoms with E-state index in [1.165, 1.54) is 15.6 Å². The Bertz CT molecular complexity index is 664. The molecule has 0 radical (unpaired) electrons. The van der Waals surface area contributed by atoms with Crippen molar-refractivity contribution in [3.8, 4) is 0 Å². The first-order chi connectivity index (χ1) is 9.41. The van der Waals surface area contributed by atoms with E-state index in [9.17, 15) is 8.42 Å². The number of hydrogen-bond donors (Lipinski definition) is 0. The summed E-state index contributed by atoms with van der Waals surface area (Å²) >= 11 is 4.60. The van der Waals surface area contributed by atoms with E-state index in [0.29, 0.717) is 17.2 Å². The van der Waals surface area contributed by atoms with Crippen molar-refractivity contribution in [3.63, 3.8) is 0 Å². The Kier molecular flexibility index (Phi) is 4.95. The lowest BCUT2D eigenvalue weighted by molar-refractivity contribution is 0.472. The van der Waals surface area contributed by atoms with Gasteiger partial charge in [-0.3, -0.25) is 4.98 Å². The van der Waals surface area contributed by atoms with Crippen molar-refractivity contribution < 1.29 is 8.42 Å². The van der Waals surface area contributed by atoms with Crippen LogP contribution in [0.25, 0.3) is 0 Å². The van der Waals surface area contributed by atoms with Crippen molar-refractivity contribution >= 4 is 37.3 Å². The van der Waals surface area contributed by atoms with Crippen LogP contribution in [0.1, 0.15) is 11.3 Å². The summed E-state index contributed by atoms with van der Waals surface area (Å²) in [5.41, 5.74) is 1.82. The van der Waals surface area contributed by atoms with Crippen molar-refractivity contribution in [3.05, 3.63) is 45.5 Å². The van der Waals surface area contributed by atoms with Crippen LogP contribution in [0.3, 0.4) is 0 Å². The van der Waals surface area contributed by atoms with Crippen LogP contribution in [0.15, 0.2) is 38.5 Å². The maximum Gasteiger partial charge on any atom is 0.252 e. The average Bonchev–Trinajstić information content (AvgIpc) is 2.78. The predicted molar refractivity (Wildman–Crippen MR) is 84.5 cm³/mol. The molecular formula is C13H15BrN2O2S2. The highest BCUT2D eigenvalue weighted by atomic mass is 79.9. The number of likely N-dealkylation sites (N-methyl/N-ethyl adjacent to an activating group) is 1. The molecule has 7 heteroatoms. The number of nitrogens with zero attached hydrogens (tertiary/aromatic N) is 2. The molecular weight excluding hydrogens is 360 g/mol. The van der Waals surface area contributed by atoms with Gasteiger partial charge in [-0.05, 0) is 46.6 Å². The third-order valence-electron chi connectivity index (χ3n) is 2.91. The van der Waals surface area contributed by atoms with Gasteiger partial charge in [-0.25, -0.2) is 8.42 Å². The first kappa shape index (κ1) is 15.6. The molecule has 0 aromatic carbocycles. The lowest BCUT2D eigenvalue weighted by Gasteiger charge is -2.15. The Morgan fingerprint density at radius 3 is 2.70 bits per heavy atom. The third-order valence-corrected chi connectivity index (χ3v) is 7.35. The van der Waals surface area contributed by atoms with Crippen LogP contribution in [0.5, 0.6) is 0 Å². The van der Waals surface area contributed by atoms with Crippen LogP contribution in [-0.4, -0.2) is 31.3 Å². The molecule has 0 spiro atoms. The molecule has 0 aliphatic carbocycles. The predicted octanol–water partition coefficient (Wildman–Crippen LogP) is 3.08. The fraction of sp³-hybridized carbons (Fsp3) is 0.308. The Morgan fingerprint density at radius 2 is 2.15 bits per heavy atom. The van der Waals surface area contributed by atoms with Crippen LogP contribution >= 0.6 is 27.3 Å². The smallest absolute Gasteiger partial charge is 0.252 e. The Balaban J connectivity index is 2.09. The van der Waals surface area contributed by atoms with Crippen molar-refractivity contribution in [1.82, 2.24) is 9.29 Å². The minimum atomic E-state index is -3.42. The molecule has 0 N–H and O–H groups in total. The number of aromatic nitrogens is 1. The molecule has 108 valence electrons. The first-order valence-corrected chi connectivity index (χ1v) is 9.08. The Labute approximate surface area is 131 Å². The molecule has 2 aromatic heterocycles. The van der Waals surface area contributed by atoms with Gasteiger partial charge in [-0.1, -0.05) is 6.07 Å². The minimum absolute atomic E-state index is 0.366. The molecule has 0 amide bonds. The van der Waals surface area contributed by atoms with Gasteiger partial charge in [-0.2, -0.15) is 4.31 Å². The van der Waals surface area contributed by atoms with E-state index >= 15 is 0 Å². The van der Waals surface area contributed by atoms with Crippen molar-refractivity contribution in [1.29, 1.82) is 0 Å². The Morgan fingerprint density at radius 1 is 1.40 bits per heavy atom. The number of thiophene rings is 1. The zero-order chi connectivity index (χ0) is 14.8. The molecule has 0 aliphatic rings. The zero-order valence-electron chi connectivity index (χ0n) is 11.2. The fourth-order valence-electron chi connectivity index (χ4n) is 1.65. The second-order valence-electron chi connectivity index (χ2n) is 4.42. The number of sulfonamides is 1. The third kappa shape index (κ3) is 3.46. The van der Waals surface area contributed by atoms with Crippen molar-refractivity contribution in [2.45, 2.75) is 17.6 Å². The molecule has 0 unspecified atom stereocenters. The van der Waals surface area contributed by atoms with Crippen LogP contribution < -0.4 is 0 Å². The fourth-order valence-corrected chi connectivity index (χ4v) is 5.26. The number of halogens is 1. The van der Waals surface area contributed by atoms with Gasteiger partial charge in [-0.15, -0.1) is 11.3 Å². The molecule has 0 atom stereocenters. The summed E-state index contributed by atoms with van der Waals surface area (Å²) < 4.78 is 27.4. The number of pyridine rings is 1. The standard InChI is InChI=1S/C13H15BrN2O2S2/c1-10-9-12(19-13(10)14)20(17,18)16(2)8-6-11-5-3-4-7-15-11/h3-5,7,9H,6,8H2,1-2H3. The van der Waals surface area contributed by atoms with E-state index in [1.54, 1.807) is 19.3 Å². The lowest BCUT2D eigenvalue weighted by Crippen LogP contribution is -2.28. The highest BCUT2D eigenvalue weighted by molar-refractivity contribution is 9.11. The molecule has 0 saturated carbocycles. The summed E-state index contributed by atoms with van der Waals surface area (Å²) in [5.74, 6) is 0. The SMILES string of the molecule is Cc1cc(S(=O)(=O)N(C)CCc2ccccn2)sc1Br. The van der Waals surface area contributed by atoms with E-state index in [2.05, 4.69) is 20.9 Å². The summed E-state index contributed by atoms with van der Waals surface area (Å²) in [7, 11) is -1.82. The van der Waals surface area contributed by atoms with Crippen molar-refractivity contribution in [2.24, 2.45) is 0 Å². The van der Waals surface area contributed by atoms with E-state index in [4.69, 9.17) is 0 Å². The minimum Gasteiger partial charge on any atom is -0.261 e. The van der Waals surface area contributed by atoms with Gasteiger partial charge in [0.2, 0.25) is 0 Å². The average molecular weight is 375 g/mol. The summed E-state index contributed by atoms with van der Waals surface area (Å²) in [4.78, 5) is 4.20. The maximum absolute atomic E-state index is 12.4. The van der Waals surface area contributed by atoms with Gasteiger partial charge in [0.05, 0.1) is 3.79 Å².